The fourth-order valence-corrected chi connectivity index (χ4v) is 2.86. The highest BCUT2D eigenvalue weighted by Gasteiger charge is 2.26. The second-order valence-corrected chi connectivity index (χ2v) is 6.11. The molecule has 0 bridgehead atoms. The van der Waals surface area contributed by atoms with E-state index in [1.165, 1.54) is 12.1 Å². The fraction of sp³-hybridized carbons (Fsp3) is 0.100. The van der Waals surface area contributed by atoms with Crippen molar-refractivity contribution < 1.29 is 8.42 Å². The smallest absolute Gasteiger partial charge is 0.229 e. The number of nitrogens with two attached hydrogens (primary N) is 2. The summed E-state index contributed by atoms with van der Waals surface area (Å²) in [5, 5.41) is 6.95. The lowest BCUT2D eigenvalue weighted by Crippen LogP contribution is -2.19. The highest BCUT2D eigenvalue weighted by molar-refractivity contribution is 7.91. The minimum absolute atomic E-state index is 0.0402. The summed E-state index contributed by atoms with van der Waals surface area (Å²) in [4.78, 5) is 0.240. The molecular weight excluding hydrogens is 286 g/mol. The summed E-state index contributed by atoms with van der Waals surface area (Å²) >= 11 is 4.72. The van der Waals surface area contributed by atoms with Crippen LogP contribution in [-0.2, 0) is 16.4 Å². The van der Waals surface area contributed by atoms with Crippen molar-refractivity contribution in [3.8, 4) is 0 Å². The summed E-state index contributed by atoms with van der Waals surface area (Å²) in [6.45, 7) is 0.0402. The number of nitrogen functional groups attached to an aromatic ring is 1. The van der Waals surface area contributed by atoms with Crippen LogP contribution in [0.25, 0.3) is 0 Å². The van der Waals surface area contributed by atoms with Gasteiger partial charge in [0.2, 0.25) is 14.9 Å². The molecule has 2 aromatic rings. The van der Waals surface area contributed by atoms with Gasteiger partial charge in [-0.2, -0.15) is 0 Å². The maximum atomic E-state index is 12.3. The number of aromatic nitrogens is 3. The summed E-state index contributed by atoms with van der Waals surface area (Å²) < 4.78 is 25.7. The Morgan fingerprint density at radius 3 is 2.53 bits per heavy atom. The first kappa shape index (κ1) is 13.4. The van der Waals surface area contributed by atoms with E-state index in [9.17, 15) is 8.42 Å². The van der Waals surface area contributed by atoms with Crippen molar-refractivity contribution in [2.75, 3.05) is 5.73 Å². The van der Waals surface area contributed by atoms with E-state index < -0.39 is 9.84 Å². The second kappa shape index (κ2) is 4.94. The molecule has 0 unspecified atom stereocenters. The molecule has 4 N–H and O–H groups in total. The maximum absolute atomic E-state index is 12.3. The average Bonchev–Trinajstić information content (AvgIpc) is 2.72. The molecule has 0 atom stereocenters. The molecule has 0 fully saturated rings. The van der Waals surface area contributed by atoms with Gasteiger partial charge < -0.3 is 11.5 Å². The molecule has 0 amide bonds. The van der Waals surface area contributed by atoms with E-state index in [1.807, 2.05) is 0 Å². The van der Waals surface area contributed by atoms with Crippen molar-refractivity contribution in [3.63, 3.8) is 0 Å². The Balaban J connectivity index is 2.48. The normalized spacial score (nSPS) is 11.4. The molecule has 0 aliphatic carbocycles. The van der Waals surface area contributed by atoms with Gasteiger partial charge in [-0.25, -0.2) is 13.1 Å². The molecule has 1 aromatic carbocycles. The van der Waals surface area contributed by atoms with E-state index in [0.29, 0.717) is 0 Å². The topological polar surface area (TPSA) is 117 Å². The summed E-state index contributed by atoms with van der Waals surface area (Å²) in [6.07, 6.45) is 0. The SMILES string of the molecule is NC(=S)Cn1nnc(S(=O)(=O)c2ccccc2)c1N. The summed E-state index contributed by atoms with van der Waals surface area (Å²) in [5.74, 6) is -0.0864. The van der Waals surface area contributed by atoms with Crippen molar-refractivity contribution in [1.82, 2.24) is 15.0 Å². The summed E-state index contributed by atoms with van der Waals surface area (Å²) in [6, 6.07) is 7.86. The van der Waals surface area contributed by atoms with Crippen LogP contribution in [0, 0.1) is 0 Å². The third-order valence-corrected chi connectivity index (χ3v) is 4.18. The van der Waals surface area contributed by atoms with Gasteiger partial charge in [-0.1, -0.05) is 35.6 Å². The van der Waals surface area contributed by atoms with Crippen molar-refractivity contribution in [1.29, 1.82) is 0 Å². The van der Waals surface area contributed by atoms with Gasteiger partial charge in [-0.3, -0.25) is 0 Å². The molecule has 0 spiro atoms. The van der Waals surface area contributed by atoms with Crippen LogP contribution in [0.15, 0.2) is 40.3 Å². The van der Waals surface area contributed by atoms with E-state index in [-0.39, 0.29) is 27.3 Å². The maximum Gasteiger partial charge on any atom is 0.229 e. The highest BCUT2D eigenvalue weighted by Crippen LogP contribution is 2.23. The molecule has 1 aromatic heterocycles. The van der Waals surface area contributed by atoms with Gasteiger partial charge in [-0.15, -0.1) is 5.10 Å². The van der Waals surface area contributed by atoms with Gasteiger partial charge in [0.1, 0.15) is 0 Å². The van der Waals surface area contributed by atoms with E-state index >= 15 is 0 Å². The number of nitrogens with zero attached hydrogens (tertiary/aromatic N) is 3. The number of thiocarbonyl (C=S) groups is 1. The van der Waals surface area contributed by atoms with Crippen molar-refractivity contribution in [2.45, 2.75) is 16.5 Å². The zero-order chi connectivity index (χ0) is 14.0. The quantitative estimate of drug-likeness (QED) is 0.761. The van der Waals surface area contributed by atoms with Crippen LogP contribution < -0.4 is 11.5 Å². The fourth-order valence-electron chi connectivity index (χ4n) is 1.47. The Hall–Kier alpha value is -2.00. The van der Waals surface area contributed by atoms with E-state index in [1.54, 1.807) is 18.2 Å². The molecule has 100 valence electrons. The van der Waals surface area contributed by atoms with Crippen LogP contribution in [0.4, 0.5) is 5.82 Å². The lowest BCUT2D eigenvalue weighted by Gasteiger charge is -2.03. The minimum atomic E-state index is -3.79. The Kier molecular flexibility index (Phi) is 3.49. The number of sulfone groups is 1. The summed E-state index contributed by atoms with van der Waals surface area (Å²) in [5.41, 5.74) is 11.1. The zero-order valence-corrected chi connectivity index (χ0v) is 11.4. The van der Waals surface area contributed by atoms with Crippen LogP contribution in [0.5, 0.6) is 0 Å². The molecule has 0 aliphatic heterocycles. The van der Waals surface area contributed by atoms with E-state index in [0.717, 1.165) is 4.68 Å². The van der Waals surface area contributed by atoms with Crippen LogP contribution in [0.2, 0.25) is 0 Å². The van der Waals surface area contributed by atoms with Gasteiger partial charge >= 0.3 is 0 Å². The number of benzene rings is 1. The Bertz CT molecular complexity index is 709. The number of hydrogen-bond acceptors (Lipinski definition) is 6. The van der Waals surface area contributed by atoms with Crippen molar-refractivity contribution in [3.05, 3.63) is 30.3 Å². The first-order valence-corrected chi connectivity index (χ1v) is 7.09. The van der Waals surface area contributed by atoms with Crippen LogP contribution >= 0.6 is 12.2 Å². The molecule has 0 saturated carbocycles. The Morgan fingerprint density at radius 1 is 1.32 bits per heavy atom. The van der Waals surface area contributed by atoms with E-state index in [2.05, 4.69) is 10.3 Å². The average molecular weight is 297 g/mol. The van der Waals surface area contributed by atoms with Gasteiger partial charge in [0.05, 0.1) is 16.4 Å². The summed E-state index contributed by atoms with van der Waals surface area (Å²) in [7, 11) is -3.79. The van der Waals surface area contributed by atoms with E-state index in [4.69, 9.17) is 23.7 Å². The molecule has 0 saturated heterocycles. The predicted octanol–water partition coefficient (Wildman–Crippen LogP) is -0.0208. The third-order valence-electron chi connectivity index (χ3n) is 2.35. The molecule has 0 radical (unpaired) electrons. The predicted molar refractivity (Wildman–Crippen MR) is 73.1 cm³/mol. The number of anilines is 1. The molecule has 2 rings (SSSR count). The molecule has 9 heteroatoms. The minimum Gasteiger partial charge on any atom is -0.392 e. The van der Waals surface area contributed by atoms with Gasteiger partial charge in [0.25, 0.3) is 0 Å². The van der Waals surface area contributed by atoms with Crippen LogP contribution in [-0.4, -0.2) is 28.4 Å². The zero-order valence-electron chi connectivity index (χ0n) is 9.72. The van der Waals surface area contributed by atoms with Crippen molar-refractivity contribution in [2.24, 2.45) is 5.73 Å². The van der Waals surface area contributed by atoms with Crippen LogP contribution in [0.3, 0.4) is 0 Å². The molecular formula is C10H11N5O2S2. The monoisotopic (exact) mass is 297 g/mol. The largest absolute Gasteiger partial charge is 0.392 e. The molecule has 19 heavy (non-hydrogen) atoms. The second-order valence-electron chi connectivity index (χ2n) is 3.72. The van der Waals surface area contributed by atoms with Gasteiger partial charge in [0.15, 0.2) is 5.82 Å². The Labute approximate surface area is 115 Å². The van der Waals surface area contributed by atoms with Gasteiger partial charge in [-0.05, 0) is 12.1 Å². The standard InChI is InChI=1S/C10H11N5O2S2/c11-8(18)6-15-9(12)10(13-14-15)19(16,17)7-4-2-1-3-5-7/h1-5H,6,12H2,(H2,11,18). The Morgan fingerprint density at radius 2 is 1.95 bits per heavy atom. The lowest BCUT2D eigenvalue weighted by molar-refractivity contribution is 0.592. The number of hydrogen-bond donors (Lipinski definition) is 2. The molecule has 0 aliphatic rings. The first-order chi connectivity index (χ1) is 8.93. The van der Waals surface area contributed by atoms with Crippen LogP contribution in [0.1, 0.15) is 0 Å². The molecule has 1 heterocycles. The number of rotatable bonds is 4. The highest BCUT2D eigenvalue weighted by atomic mass is 32.2. The van der Waals surface area contributed by atoms with Gasteiger partial charge in [0, 0.05) is 0 Å². The molecule has 7 nitrogen and oxygen atoms in total. The third kappa shape index (κ3) is 2.56. The lowest BCUT2D eigenvalue weighted by atomic mass is 10.4. The first-order valence-electron chi connectivity index (χ1n) is 5.20. The van der Waals surface area contributed by atoms with Crippen molar-refractivity contribution >= 4 is 32.9 Å².